The third-order valence-electron chi connectivity index (χ3n) is 3.40. The maximum Gasteiger partial charge on any atom is 0.272 e. The molecule has 0 unspecified atom stereocenters. The molecule has 0 spiro atoms. The topological polar surface area (TPSA) is 98.0 Å². The van der Waals surface area contributed by atoms with Gasteiger partial charge in [-0.05, 0) is 31.9 Å². The van der Waals surface area contributed by atoms with Crippen molar-refractivity contribution in [2.24, 2.45) is 5.73 Å². The number of amides is 2. The number of nitrogens with one attached hydrogen (secondary N) is 1. The zero-order valence-corrected chi connectivity index (χ0v) is 12.8. The van der Waals surface area contributed by atoms with Gasteiger partial charge in [0.05, 0.1) is 6.04 Å². The smallest absolute Gasteiger partial charge is 0.272 e. The van der Waals surface area contributed by atoms with E-state index < -0.39 is 11.8 Å². The van der Waals surface area contributed by atoms with Crippen LogP contribution in [-0.2, 0) is 0 Å². The van der Waals surface area contributed by atoms with E-state index in [0.29, 0.717) is 0 Å². The van der Waals surface area contributed by atoms with E-state index in [9.17, 15) is 9.59 Å². The second-order valence-corrected chi connectivity index (χ2v) is 5.17. The summed E-state index contributed by atoms with van der Waals surface area (Å²) in [4.78, 5) is 31.4. The molecular formula is C16H18N4O2. The fourth-order valence-corrected chi connectivity index (χ4v) is 2.25. The summed E-state index contributed by atoms with van der Waals surface area (Å²) in [5, 5.41) is 2.83. The number of nitrogens with zero attached hydrogens (tertiary/aromatic N) is 2. The molecule has 0 aliphatic heterocycles. The third-order valence-corrected chi connectivity index (χ3v) is 3.40. The summed E-state index contributed by atoms with van der Waals surface area (Å²) < 4.78 is 0. The summed E-state index contributed by atoms with van der Waals surface area (Å²) in [6, 6.07) is 5.81. The summed E-state index contributed by atoms with van der Waals surface area (Å²) in [7, 11) is 0. The van der Waals surface area contributed by atoms with E-state index in [1.54, 1.807) is 0 Å². The summed E-state index contributed by atoms with van der Waals surface area (Å²) in [5.74, 6) is -1.26. The number of hydrogen-bond donors (Lipinski definition) is 2. The van der Waals surface area contributed by atoms with Crippen LogP contribution in [-0.4, -0.2) is 21.8 Å². The van der Waals surface area contributed by atoms with Crippen molar-refractivity contribution in [3.05, 3.63) is 58.7 Å². The molecule has 1 heterocycles. The fourth-order valence-electron chi connectivity index (χ4n) is 2.25. The third kappa shape index (κ3) is 3.28. The number of hydrogen-bond acceptors (Lipinski definition) is 4. The van der Waals surface area contributed by atoms with Crippen LogP contribution in [0.5, 0.6) is 0 Å². The molecule has 2 amide bonds. The lowest BCUT2D eigenvalue weighted by molar-refractivity contribution is 0.0917. The van der Waals surface area contributed by atoms with Gasteiger partial charge in [-0.3, -0.25) is 9.59 Å². The first kappa shape index (κ1) is 15.6. The molecule has 3 N–H and O–H groups in total. The van der Waals surface area contributed by atoms with Crippen LogP contribution in [0.2, 0.25) is 0 Å². The zero-order chi connectivity index (χ0) is 16.3. The molecule has 0 fully saturated rings. The van der Waals surface area contributed by atoms with Crippen LogP contribution in [0.4, 0.5) is 0 Å². The molecule has 6 nitrogen and oxygen atoms in total. The van der Waals surface area contributed by atoms with Gasteiger partial charge in [0.1, 0.15) is 0 Å². The van der Waals surface area contributed by atoms with Crippen LogP contribution < -0.4 is 11.1 Å². The van der Waals surface area contributed by atoms with Gasteiger partial charge in [-0.15, -0.1) is 0 Å². The van der Waals surface area contributed by atoms with Crippen molar-refractivity contribution < 1.29 is 9.59 Å². The van der Waals surface area contributed by atoms with Gasteiger partial charge < -0.3 is 11.1 Å². The van der Waals surface area contributed by atoms with Gasteiger partial charge in [-0.1, -0.05) is 23.8 Å². The molecule has 0 bridgehead atoms. The molecular weight excluding hydrogens is 280 g/mol. The predicted molar refractivity (Wildman–Crippen MR) is 82.3 cm³/mol. The fraction of sp³-hybridized carbons (Fsp3) is 0.250. The van der Waals surface area contributed by atoms with Crippen LogP contribution >= 0.6 is 0 Å². The normalized spacial score (nSPS) is 11.8. The van der Waals surface area contributed by atoms with Crippen LogP contribution in [0.1, 0.15) is 50.6 Å². The number of aryl methyl sites for hydroxylation is 2. The van der Waals surface area contributed by atoms with Gasteiger partial charge in [0.25, 0.3) is 11.8 Å². The highest BCUT2D eigenvalue weighted by Crippen LogP contribution is 2.19. The van der Waals surface area contributed by atoms with E-state index in [0.717, 1.165) is 16.7 Å². The number of carbonyl (C=O) groups is 2. The lowest BCUT2D eigenvalue weighted by atomic mass is 10.00. The molecule has 2 aromatic rings. The van der Waals surface area contributed by atoms with Crippen molar-refractivity contribution in [1.82, 2.24) is 15.3 Å². The van der Waals surface area contributed by atoms with Crippen LogP contribution in [0.15, 0.2) is 30.6 Å². The van der Waals surface area contributed by atoms with Crippen LogP contribution in [0.3, 0.4) is 0 Å². The van der Waals surface area contributed by atoms with E-state index in [2.05, 4.69) is 15.3 Å². The maximum atomic E-state index is 12.3. The summed E-state index contributed by atoms with van der Waals surface area (Å²) in [6.07, 6.45) is 2.68. The van der Waals surface area contributed by atoms with Crippen molar-refractivity contribution >= 4 is 11.8 Å². The largest absolute Gasteiger partial charge is 0.364 e. The monoisotopic (exact) mass is 298 g/mol. The van der Waals surface area contributed by atoms with E-state index in [1.165, 1.54) is 12.4 Å². The Balaban J connectivity index is 2.25. The lowest BCUT2D eigenvalue weighted by Crippen LogP contribution is -2.31. The Bertz CT molecular complexity index is 728. The Morgan fingerprint density at radius 2 is 1.77 bits per heavy atom. The summed E-state index contributed by atoms with van der Waals surface area (Å²) in [5.41, 5.74) is 8.22. The Labute approximate surface area is 128 Å². The minimum absolute atomic E-state index is 0.0628. The van der Waals surface area contributed by atoms with E-state index in [1.807, 2.05) is 39.0 Å². The zero-order valence-electron chi connectivity index (χ0n) is 12.8. The van der Waals surface area contributed by atoms with Gasteiger partial charge in [-0.2, -0.15) is 0 Å². The van der Waals surface area contributed by atoms with E-state index in [-0.39, 0.29) is 17.4 Å². The molecule has 2 rings (SSSR count). The molecule has 1 aromatic heterocycles. The Morgan fingerprint density at radius 1 is 1.14 bits per heavy atom. The number of carbonyl (C=O) groups excluding carboxylic acids is 2. The first-order chi connectivity index (χ1) is 10.4. The number of aromatic nitrogens is 2. The van der Waals surface area contributed by atoms with Crippen molar-refractivity contribution in [2.75, 3.05) is 0 Å². The van der Waals surface area contributed by atoms with Gasteiger partial charge in [0, 0.05) is 12.4 Å². The average Bonchev–Trinajstić information content (AvgIpc) is 2.49. The molecule has 0 aliphatic carbocycles. The van der Waals surface area contributed by atoms with Gasteiger partial charge >= 0.3 is 0 Å². The summed E-state index contributed by atoms with van der Waals surface area (Å²) in [6.45, 7) is 5.85. The number of rotatable bonds is 4. The average molecular weight is 298 g/mol. The molecule has 1 aromatic carbocycles. The van der Waals surface area contributed by atoms with Crippen LogP contribution in [0.25, 0.3) is 0 Å². The highest BCUT2D eigenvalue weighted by molar-refractivity contribution is 6.04. The molecule has 6 heteroatoms. The maximum absolute atomic E-state index is 12.3. The lowest BCUT2D eigenvalue weighted by Gasteiger charge is -2.17. The van der Waals surface area contributed by atoms with Crippen molar-refractivity contribution in [1.29, 1.82) is 0 Å². The Kier molecular flexibility index (Phi) is 4.50. The Morgan fingerprint density at radius 3 is 2.41 bits per heavy atom. The van der Waals surface area contributed by atoms with Crippen molar-refractivity contribution in [3.63, 3.8) is 0 Å². The second-order valence-electron chi connectivity index (χ2n) is 5.17. The number of benzene rings is 1. The Hall–Kier alpha value is -2.76. The first-order valence-corrected chi connectivity index (χ1v) is 6.89. The summed E-state index contributed by atoms with van der Waals surface area (Å²) >= 11 is 0. The highest BCUT2D eigenvalue weighted by Gasteiger charge is 2.20. The quantitative estimate of drug-likeness (QED) is 0.897. The van der Waals surface area contributed by atoms with Crippen molar-refractivity contribution in [2.45, 2.75) is 26.8 Å². The second kappa shape index (κ2) is 6.34. The van der Waals surface area contributed by atoms with Gasteiger partial charge in [0.2, 0.25) is 0 Å². The number of nitrogens with two attached hydrogens (primary N) is 1. The number of primary amides is 1. The molecule has 0 saturated carbocycles. The van der Waals surface area contributed by atoms with Gasteiger partial charge in [0.15, 0.2) is 11.4 Å². The standard InChI is InChI=1S/C16H18N4O2/c1-9-4-5-10(2)12(8-9)11(3)20-16(22)14-13(15(17)21)18-6-7-19-14/h4-8,11H,1-3H3,(H2,17,21)(H,20,22)/t11-/m1/s1. The van der Waals surface area contributed by atoms with Crippen molar-refractivity contribution in [3.8, 4) is 0 Å². The molecule has 22 heavy (non-hydrogen) atoms. The minimum atomic E-state index is -0.780. The van der Waals surface area contributed by atoms with E-state index in [4.69, 9.17) is 5.73 Å². The van der Waals surface area contributed by atoms with E-state index >= 15 is 0 Å². The minimum Gasteiger partial charge on any atom is -0.364 e. The van der Waals surface area contributed by atoms with Gasteiger partial charge in [-0.25, -0.2) is 9.97 Å². The molecule has 114 valence electrons. The molecule has 0 radical (unpaired) electrons. The molecule has 0 aliphatic rings. The molecule has 1 atom stereocenters. The highest BCUT2D eigenvalue weighted by atomic mass is 16.2. The molecule has 0 saturated heterocycles. The SMILES string of the molecule is Cc1ccc(C)c([C@@H](C)NC(=O)c2nccnc2C(N)=O)c1. The first-order valence-electron chi connectivity index (χ1n) is 6.89. The predicted octanol–water partition coefficient (Wildman–Crippen LogP) is 1.68. The van der Waals surface area contributed by atoms with Crippen LogP contribution in [0, 0.1) is 13.8 Å².